The van der Waals surface area contributed by atoms with Crippen molar-refractivity contribution in [2.24, 2.45) is 0 Å². The quantitative estimate of drug-likeness (QED) is 0.364. The number of rotatable bonds is 6. The van der Waals surface area contributed by atoms with Crippen molar-refractivity contribution in [2.45, 2.75) is 34.6 Å². The molecule has 0 amide bonds. The molecule has 0 aliphatic carbocycles. The molecule has 0 aliphatic rings. The Morgan fingerprint density at radius 2 is 2.03 bits per heavy atom. The standard InChI is InChI=1S/C23H23N3O2S2/c1-6-28-23(27)20-15(4)16(5)30-22(20)25-11-18(10-24)21-26-19(12-29-21)17-8-7-13(2)14(3)9-17/h7-9,11-12,25H,6H2,1-5H3/b18-11-. The van der Waals surface area contributed by atoms with Gasteiger partial charge < -0.3 is 10.1 Å². The number of carbonyl (C=O) groups excluding carboxylic acids is 1. The summed E-state index contributed by atoms with van der Waals surface area (Å²) in [4.78, 5) is 18.0. The van der Waals surface area contributed by atoms with Crippen molar-refractivity contribution in [3.05, 3.63) is 61.9 Å². The first-order valence-electron chi connectivity index (χ1n) is 9.53. The van der Waals surface area contributed by atoms with E-state index in [0.29, 0.717) is 27.8 Å². The average Bonchev–Trinajstić information content (AvgIpc) is 3.30. The van der Waals surface area contributed by atoms with Crippen LogP contribution >= 0.6 is 22.7 Å². The Hall–Kier alpha value is -2.95. The number of nitrogens with zero attached hydrogens (tertiary/aromatic N) is 2. The van der Waals surface area contributed by atoms with Crippen LogP contribution in [0.15, 0.2) is 29.8 Å². The summed E-state index contributed by atoms with van der Waals surface area (Å²) in [5.41, 5.74) is 6.12. The first-order valence-corrected chi connectivity index (χ1v) is 11.2. The molecular weight excluding hydrogens is 414 g/mol. The summed E-state index contributed by atoms with van der Waals surface area (Å²) in [5.74, 6) is -0.361. The zero-order valence-electron chi connectivity index (χ0n) is 17.6. The number of ether oxygens (including phenoxy) is 1. The van der Waals surface area contributed by atoms with Gasteiger partial charge in [0.25, 0.3) is 0 Å². The lowest BCUT2D eigenvalue weighted by Gasteiger charge is -2.05. The Labute approximate surface area is 184 Å². The molecule has 7 heteroatoms. The van der Waals surface area contributed by atoms with Gasteiger partial charge in [-0.2, -0.15) is 5.26 Å². The van der Waals surface area contributed by atoms with Crippen molar-refractivity contribution in [1.29, 1.82) is 5.26 Å². The molecule has 0 saturated carbocycles. The van der Waals surface area contributed by atoms with Gasteiger partial charge in [-0.3, -0.25) is 0 Å². The second kappa shape index (κ2) is 9.24. The van der Waals surface area contributed by atoms with Crippen molar-refractivity contribution in [3.63, 3.8) is 0 Å². The number of hydrogen-bond donors (Lipinski definition) is 1. The van der Waals surface area contributed by atoms with Crippen molar-refractivity contribution in [3.8, 4) is 17.3 Å². The molecule has 30 heavy (non-hydrogen) atoms. The second-order valence-electron chi connectivity index (χ2n) is 6.86. The summed E-state index contributed by atoms with van der Waals surface area (Å²) >= 11 is 2.88. The molecule has 1 aromatic carbocycles. The number of esters is 1. The van der Waals surface area contributed by atoms with Crippen molar-refractivity contribution >= 4 is 39.2 Å². The van der Waals surface area contributed by atoms with Gasteiger partial charge in [-0.05, 0) is 57.4 Å². The van der Waals surface area contributed by atoms with Gasteiger partial charge in [-0.1, -0.05) is 12.1 Å². The summed E-state index contributed by atoms with van der Waals surface area (Å²) in [6, 6.07) is 8.42. The number of hydrogen-bond acceptors (Lipinski definition) is 7. The Bertz CT molecular complexity index is 1170. The largest absolute Gasteiger partial charge is 0.462 e. The van der Waals surface area contributed by atoms with Gasteiger partial charge in [0.15, 0.2) is 0 Å². The lowest BCUT2D eigenvalue weighted by atomic mass is 10.1. The summed E-state index contributed by atoms with van der Waals surface area (Å²) in [6.07, 6.45) is 1.61. The highest BCUT2D eigenvalue weighted by atomic mass is 32.1. The Morgan fingerprint density at radius 1 is 1.27 bits per heavy atom. The smallest absolute Gasteiger partial charge is 0.341 e. The maximum Gasteiger partial charge on any atom is 0.341 e. The van der Waals surface area contributed by atoms with Crippen LogP contribution in [0.2, 0.25) is 0 Å². The highest BCUT2D eigenvalue weighted by Crippen LogP contribution is 2.34. The Balaban J connectivity index is 1.89. The van der Waals surface area contributed by atoms with Crippen LogP contribution in [0.25, 0.3) is 16.8 Å². The van der Waals surface area contributed by atoms with E-state index in [-0.39, 0.29) is 5.97 Å². The van der Waals surface area contributed by atoms with E-state index in [1.54, 1.807) is 13.1 Å². The number of thiophene rings is 1. The van der Waals surface area contributed by atoms with E-state index >= 15 is 0 Å². The third kappa shape index (κ3) is 4.45. The van der Waals surface area contributed by atoms with E-state index in [9.17, 15) is 10.1 Å². The van der Waals surface area contributed by atoms with E-state index in [2.05, 4.69) is 42.4 Å². The van der Waals surface area contributed by atoms with Crippen molar-refractivity contribution in [1.82, 2.24) is 4.98 Å². The molecule has 0 fully saturated rings. The summed E-state index contributed by atoms with van der Waals surface area (Å²) in [7, 11) is 0. The molecule has 0 aliphatic heterocycles. The SMILES string of the molecule is CCOC(=O)c1c(N/C=C(/C#N)c2nc(-c3ccc(C)c(C)c3)cs2)sc(C)c1C. The third-order valence-electron chi connectivity index (χ3n) is 4.87. The molecule has 0 atom stereocenters. The first-order chi connectivity index (χ1) is 14.3. The van der Waals surface area contributed by atoms with E-state index in [4.69, 9.17) is 4.74 Å². The number of aromatic nitrogens is 1. The molecule has 0 spiro atoms. The molecule has 1 N–H and O–H groups in total. The number of thiazole rings is 1. The van der Waals surface area contributed by atoms with E-state index in [1.807, 2.05) is 25.3 Å². The van der Waals surface area contributed by atoms with Crippen LogP contribution in [-0.4, -0.2) is 17.6 Å². The molecule has 0 radical (unpaired) electrons. The van der Waals surface area contributed by atoms with Crippen molar-refractivity contribution < 1.29 is 9.53 Å². The fraction of sp³-hybridized carbons (Fsp3) is 0.261. The Morgan fingerprint density at radius 3 is 2.70 bits per heavy atom. The van der Waals surface area contributed by atoms with Crippen LogP contribution in [0, 0.1) is 39.0 Å². The predicted molar refractivity (Wildman–Crippen MR) is 124 cm³/mol. The summed E-state index contributed by atoms with van der Waals surface area (Å²) in [6.45, 7) is 10.1. The first kappa shape index (κ1) is 21.8. The number of aryl methyl sites for hydroxylation is 3. The van der Waals surface area contributed by atoms with Gasteiger partial charge in [-0.25, -0.2) is 9.78 Å². The lowest BCUT2D eigenvalue weighted by Crippen LogP contribution is -2.07. The average molecular weight is 438 g/mol. The topological polar surface area (TPSA) is 75.0 Å². The second-order valence-corrected chi connectivity index (χ2v) is 8.94. The molecule has 3 rings (SSSR count). The van der Waals surface area contributed by atoms with Crippen molar-refractivity contribution in [2.75, 3.05) is 11.9 Å². The molecule has 5 nitrogen and oxygen atoms in total. The van der Waals surface area contributed by atoms with E-state index < -0.39 is 0 Å². The Kier molecular flexibility index (Phi) is 6.70. The number of anilines is 1. The number of nitrogens with one attached hydrogen (secondary N) is 1. The predicted octanol–water partition coefficient (Wildman–Crippen LogP) is 6.26. The van der Waals surface area contributed by atoms with Gasteiger partial charge >= 0.3 is 5.97 Å². The van der Waals surface area contributed by atoms with Gasteiger partial charge in [0.1, 0.15) is 21.7 Å². The van der Waals surface area contributed by atoms with E-state index in [0.717, 1.165) is 21.7 Å². The van der Waals surface area contributed by atoms with Crippen LogP contribution < -0.4 is 5.32 Å². The number of allylic oxidation sites excluding steroid dienone is 1. The maximum atomic E-state index is 12.3. The van der Waals surface area contributed by atoms with Gasteiger partial charge in [-0.15, -0.1) is 22.7 Å². The van der Waals surface area contributed by atoms with Crippen LogP contribution in [-0.2, 0) is 4.74 Å². The zero-order chi connectivity index (χ0) is 21.8. The lowest BCUT2D eigenvalue weighted by molar-refractivity contribution is 0.0527. The minimum Gasteiger partial charge on any atom is -0.462 e. The molecular formula is C23H23N3O2S2. The molecule has 0 unspecified atom stereocenters. The molecule has 2 heterocycles. The molecule has 154 valence electrons. The summed E-state index contributed by atoms with van der Waals surface area (Å²) < 4.78 is 5.18. The van der Waals surface area contributed by atoms with Gasteiger partial charge in [0, 0.05) is 22.0 Å². The minimum absolute atomic E-state index is 0.312. The van der Waals surface area contributed by atoms with Crippen LogP contribution in [0.5, 0.6) is 0 Å². The molecule has 3 aromatic rings. The van der Waals surface area contributed by atoms with Gasteiger partial charge in [0.2, 0.25) is 0 Å². The van der Waals surface area contributed by atoms with E-state index in [1.165, 1.54) is 33.8 Å². The normalized spacial score (nSPS) is 11.3. The maximum absolute atomic E-state index is 12.3. The molecule has 2 aromatic heterocycles. The van der Waals surface area contributed by atoms with Crippen LogP contribution in [0.1, 0.15) is 43.9 Å². The highest BCUT2D eigenvalue weighted by Gasteiger charge is 2.20. The van der Waals surface area contributed by atoms with Gasteiger partial charge in [0.05, 0.1) is 17.9 Å². The number of nitriles is 1. The third-order valence-corrected chi connectivity index (χ3v) is 6.88. The summed E-state index contributed by atoms with van der Waals surface area (Å²) in [5, 5.41) is 16.0. The minimum atomic E-state index is -0.361. The number of carbonyl (C=O) groups is 1. The zero-order valence-corrected chi connectivity index (χ0v) is 19.3. The fourth-order valence-electron chi connectivity index (χ4n) is 2.89. The monoisotopic (exact) mass is 437 g/mol. The van der Waals surface area contributed by atoms with Crippen LogP contribution in [0.3, 0.4) is 0 Å². The molecule has 0 saturated heterocycles. The van der Waals surface area contributed by atoms with Crippen LogP contribution in [0.4, 0.5) is 5.00 Å². The fourth-order valence-corrected chi connectivity index (χ4v) is 4.70. The number of benzene rings is 1. The molecule has 0 bridgehead atoms. The highest BCUT2D eigenvalue weighted by molar-refractivity contribution is 7.16.